The molecule has 0 aliphatic heterocycles. The normalized spacial score (nSPS) is 9.14. The predicted octanol–water partition coefficient (Wildman–Crippen LogP) is 2.45. The lowest BCUT2D eigenvalue weighted by atomic mass is 10.1. The number of carbonyl (C=O) groups is 2. The third-order valence-electron chi connectivity index (χ3n) is 2.34. The van der Waals surface area contributed by atoms with Crippen LogP contribution < -0.4 is 0 Å². The summed E-state index contributed by atoms with van der Waals surface area (Å²) >= 11 is 0. The third-order valence-corrected chi connectivity index (χ3v) is 2.34. The molecule has 2 rings (SSSR count). The van der Waals surface area contributed by atoms with Crippen LogP contribution in [0.5, 0.6) is 0 Å². The van der Waals surface area contributed by atoms with Gasteiger partial charge in [-0.3, -0.25) is 4.79 Å². The van der Waals surface area contributed by atoms with E-state index < -0.39 is 17.0 Å². The maximum atomic E-state index is 11.4. The van der Waals surface area contributed by atoms with Crippen molar-refractivity contribution in [3.8, 4) is 0 Å². The smallest absolute Gasteiger partial charge is 0.335 e. The van der Waals surface area contributed by atoms with Gasteiger partial charge in [0.05, 0.1) is 5.56 Å². The molecule has 0 aromatic heterocycles. The number of hydrogen-bond acceptors (Lipinski definition) is 5. The molecule has 2 aromatic carbocycles. The summed E-state index contributed by atoms with van der Waals surface area (Å²) in [6.07, 6.45) is 0.833. The molecule has 0 bridgehead atoms. The van der Waals surface area contributed by atoms with Gasteiger partial charge in [-0.25, -0.2) is 9.63 Å². The van der Waals surface area contributed by atoms with Gasteiger partial charge >= 0.3 is 17.0 Å². The van der Waals surface area contributed by atoms with Crippen molar-refractivity contribution < 1.29 is 24.6 Å². The van der Waals surface area contributed by atoms with Crippen LogP contribution in [0.25, 0.3) is 10.8 Å². The second-order valence-electron chi connectivity index (χ2n) is 3.67. The molecule has 0 radical (unpaired) electrons. The van der Waals surface area contributed by atoms with E-state index in [1.165, 1.54) is 6.07 Å². The van der Waals surface area contributed by atoms with Crippen LogP contribution in [0.15, 0.2) is 55.1 Å². The maximum absolute atomic E-state index is 11.4. The first-order valence-corrected chi connectivity index (χ1v) is 5.65. The molecule has 1 N–H and O–H groups in total. The molecule has 0 saturated carbocycles. The van der Waals surface area contributed by atoms with Crippen LogP contribution in [-0.2, 0) is 9.63 Å². The van der Waals surface area contributed by atoms with Gasteiger partial charge in [-0.15, -0.1) is 10.1 Å². The molecule has 0 atom stereocenters. The summed E-state index contributed by atoms with van der Waals surface area (Å²) in [5.74, 6) is -1.94. The first-order valence-electron chi connectivity index (χ1n) is 5.65. The molecule has 7 heteroatoms. The van der Waals surface area contributed by atoms with Crippen molar-refractivity contribution in [2.24, 2.45) is 0 Å². The standard InChI is InChI=1S/C11H7NO4.C3H4O2/c13-11(16-12(14)15)10-7-3-5-8-4-1-2-6-9(8)10;1-2-3(4)5/h1-7H;2H,1H2,(H,4,5). The summed E-state index contributed by atoms with van der Waals surface area (Å²) in [6.45, 7) is 2.96. The lowest BCUT2D eigenvalue weighted by Crippen LogP contribution is -2.10. The zero-order chi connectivity index (χ0) is 15.8. The lowest BCUT2D eigenvalue weighted by Gasteiger charge is -2.03. The Morgan fingerprint density at radius 1 is 1.19 bits per heavy atom. The van der Waals surface area contributed by atoms with Gasteiger partial charge in [-0.1, -0.05) is 43.0 Å². The molecule has 0 unspecified atom stereocenters. The Balaban J connectivity index is 0.000000383. The molecule has 108 valence electrons. The van der Waals surface area contributed by atoms with Crippen LogP contribution >= 0.6 is 0 Å². The van der Waals surface area contributed by atoms with Crippen molar-refractivity contribution in [3.63, 3.8) is 0 Å². The van der Waals surface area contributed by atoms with Gasteiger partial charge in [-0.05, 0) is 16.8 Å². The van der Waals surface area contributed by atoms with Crippen molar-refractivity contribution >= 4 is 22.7 Å². The zero-order valence-electron chi connectivity index (χ0n) is 10.8. The van der Waals surface area contributed by atoms with E-state index in [9.17, 15) is 19.7 Å². The van der Waals surface area contributed by atoms with Gasteiger partial charge in [0, 0.05) is 6.08 Å². The molecule has 2 aromatic rings. The molecule has 7 nitrogen and oxygen atoms in total. The molecule has 0 spiro atoms. The van der Waals surface area contributed by atoms with Crippen LogP contribution in [0.2, 0.25) is 0 Å². The van der Waals surface area contributed by atoms with Crippen LogP contribution in [0.1, 0.15) is 10.4 Å². The summed E-state index contributed by atoms with van der Waals surface area (Å²) in [6, 6.07) is 12.1. The molecule has 0 fully saturated rings. The fourth-order valence-electron chi connectivity index (χ4n) is 1.52. The molecular formula is C14H11NO6. The summed E-state index contributed by atoms with van der Waals surface area (Å²) in [5, 5.41) is 18.0. The van der Waals surface area contributed by atoms with Gasteiger partial charge in [0.1, 0.15) is 0 Å². The molecule has 0 saturated heterocycles. The number of carbonyl (C=O) groups excluding carboxylic acids is 1. The van der Waals surface area contributed by atoms with Crippen LogP contribution in [0, 0.1) is 10.1 Å². The molecular weight excluding hydrogens is 278 g/mol. The van der Waals surface area contributed by atoms with Crippen molar-refractivity contribution in [1.29, 1.82) is 0 Å². The number of carboxylic acids is 1. The van der Waals surface area contributed by atoms with Crippen LogP contribution in [0.4, 0.5) is 0 Å². The van der Waals surface area contributed by atoms with Gasteiger partial charge in [0.25, 0.3) is 0 Å². The lowest BCUT2D eigenvalue weighted by molar-refractivity contribution is -0.727. The second kappa shape index (κ2) is 7.39. The Hall–Kier alpha value is -3.22. The number of hydrogen-bond donors (Lipinski definition) is 1. The van der Waals surface area contributed by atoms with E-state index in [0.717, 1.165) is 11.5 Å². The highest BCUT2D eigenvalue weighted by Gasteiger charge is 2.13. The van der Waals surface area contributed by atoms with Crippen LogP contribution in [-0.4, -0.2) is 22.1 Å². The Morgan fingerprint density at radius 2 is 1.76 bits per heavy atom. The SMILES string of the molecule is C=CC(=O)O.O=C(O[N+](=O)[O-])c1cccc2ccccc12. The van der Waals surface area contributed by atoms with E-state index in [-0.39, 0.29) is 5.56 Å². The molecule has 0 aliphatic carbocycles. The number of benzene rings is 2. The summed E-state index contributed by atoms with van der Waals surface area (Å²) in [7, 11) is 0. The first kappa shape index (κ1) is 15.8. The molecule has 0 amide bonds. The Labute approximate surface area is 119 Å². The fourth-order valence-corrected chi connectivity index (χ4v) is 1.52. The van der Waals surface area contributed by atoms with Crippen molar-refractivity contribution in [3.05, 3.63) is 70.8 Å². The number of fused-ring (bicyclic) bond motifs is 1. The maximum Gasteiger partial charge on any atom is 0.335 e. The number of rotatable bonds is 3. The summed E-state index contributed by atoms with van der Waals surface area (Å²) < 4.78 is 0. The van der Waals surface area contributed by atoms with E-state index in [4.69, 9.17) is 5.11 Å². The largest absolute Gasteiger partial charge is 0.478 e. The minimum atomic E-state index is -1.11. The monoisotopic (exact) mass is 289 g/mol. The highest BCUT2D eigenvalue weighted by Crippen LogP contribution is 2.19. The number of nitrogens with zero attached hydrogens (tertiary/aromatic N) is 1. The Morgan fingerprint density at radius 3 is 2.33 bits per heavy atom. The zero-order valence-corrected chi connectivity index (χ0v) is 10.8. The summed E-state index contributed by atoms with van der Waals surface area (Å²) in [5.41, 5.74) is 0.190. The molecule has 0 aliphatic rings. The van der Waals surface area contributed by atoms with Crippen molar-refractivity contribution in [2.45, 2.75) is 0 Å². The predicted molar refractivity (Wildman–Crippen MR) is 74.2 cm³/mol. The third kappa shape index (κ3) is 4.75. The summed E-state index contributed by atoms with van der Waals surface area (Å²) in [4.78, 5) is 34.7. The topological polar surface area (TPSA) is 107 Å². The van der Waals surface area contributed by atoms with E-state index >= 15 is 0 Å². The highest BCUT2D eigenvalue weighted by molar-refractivity contribution is 6.04. The second-order valence-corrected chi connectivity index (χ2v) is 3.67. The van der Waals surface area contributed by atoms with Crippen LogP contribution in [0.3, 0.4) is 0 Å². The van der Waals surface area contributed by atoms with Crippen molar-refractivity contribution in [2.75, 3.05) is 0 Å². The van der Waals surface area contributed by atoms with Gasteiger partial charge in [0.2, 0.25) is 0 Å². The quantitative estimate of drug-likeness (QED) is 0.528. The Bertz CT molecular complexity index is 689. The van der Waals surface area contributed by atoms with Crippen molar-refractivity contribution in [1.82, 2.24) is 0 Å². The van der Waals surface area contributed by atoms with E-state index in [0.29, 0.717) is 5.39 Å². The highest BCUT2D eigenvalue weighted by atomic mass is 17.0. The Kier molecular flexibility index (Phi) is 5.57. The van der Waals surface area contributed by atoms with Gasteiger partial charge < -0.3 is 5.11 Å². The fraction of sp³-hybridized carbons (Fsp3) is 0. The minimum absolute atomic E-state index is 0.190. The average Bonchev–Trinajstić information content (AvgIpc) is 2.46. The van der Waals surface area contributed by atoms with E-state index in [1.807, 2.05) is 18.2 Å². The van der Waals surface area contributed by atoms with E-state index in [2.05, 4.69) is 11.4 Å². The number of aliphatic carboxylic acids is 1. The minimum Gasteiger partial charge on any atom is -0.478 e. The van der Waals surface area contributed by atoms with Gasteiger partial charge in [0.15, 0.2) is 0 Å². The van der Waals surface area contributed by atoms with Gasteiger partial charge in [-0.2, -0.15) is 0 Å². The number of carboxylic acid groups (broad SMARTS) is 1. The average molecular weight is 289 g/mol. The molecule has 21 heavy (non-hydrogen) atoms. The first-order chi connectivity index (χ1) is 9.95. The van der Waals surface area contributed by atoms with E-state index in [1.54, 1.807) is 18.2 Å². The molecule has 0 heterocycles.